The van der Waals surface area contributed by atoms with Gasteiger partial charge in [-0.05, 0) is 50.1 Å². The molecule has 8 heteroatoms. The molecule has 0 aliphatic heterocycles. The van der Waals surface area contributed by atoms with Crippen LogP contribution in [0.25, 0.3) is 0 Å². The van der Waals surface area contributed by atoms with E-state index in [2.05, 4.69) is 9.44 Å². The molecule has 2 aromatic carbocycles. The van der Waals surface area contributed by atoms with Crippen LogP contribution in [-0.2, 0) is 20.0 Å². The molecule has 0 aromatic heterocycles. The summed E-state index contributed by atoms with van der Waals surface area (Å²) in [5.74, 6) is 0. The zero-order chi connectivity index (χ0) is 19.4. The van der Waals surface area contributed by atoms with Crippen LogP contribution in [0.5, 0.6) is 0 Å². The third-order valence-corrected chi connectivity index (χ3v) is 6.84. The van der Waals surface area contributed by atoms with Crippen LogP contribution in [0, 0.1) is 13.8 Å². The highest BCUT2D eigenvalue weighted by Crippen LogP contribution is 2.22. The molecule has 0 amide bonds. The zero-order valence-electron chi connectivity index (χ0n) is 15.1. The van der Waals surface area contributed by atoms with Crippen LogP contribution in [0.3, 0.4) is 0 Å². The first-order valence-electron chi connectivity index (χ1n) is 8.35. The quantitative estimate of drug-likeness (QED) is 0.670. The molecule has 0 spiro atoms. The molecule has 2 rings (SSSR count). The van der Waals surface area contributed by atoms with Crippen molar-refractivity contribution in [1.82, 2.24) is 4.72 Å². The molecule has 0 heterocycles. The molecule has 6 nitrogen and oxygen atoms in total. The summed E-state index contributed by atoms with van der Waals surface area (Å²) in [5.41, 5.74) is 1.79. The summed E-state index contributed by atoms with van der Waals surface area (Å²) in [5, 5.41) is 0. The highest BCUT2D eigenvalue weighted by atomic mass is 32.2. The molecule has 2 N–H and O–H groups in total. The summed E-state index contributed by atoms with van der Waals surface area (Å²) in [6.45, 7) is 5.92. The number of nitrogens with one attached hydrogen (secondary N) is 2. The Kier molecular flexibility index (Phi) is 6.44. The summed E-state index contributed by atoms with van der Waals surface area (Å²) >= 11 is 0. The summed E-state index contributed by atoms with van der Waals surface area (Å²) < 4.78 is 54.8. The third kappa shape index (κ3) is 5.06. The van der Waals surface area contributed by atoms with E-state index in [9.17, 15) is 16.8 Å². The predicted molar refractivity (Wildman–Crippen MR) is 103 cm³/mol. The van der Waals surface area contributed by atoms with Gasteiger partial charge in [0, 0.05) is 6.54 Å². The number of unbranched alkanes of at least 4 members (excludes halogenated alkanes) is 1. The molecule has 0 fully saturated rings. The second-order valence-corrected chi connectivity index (χ2v) is 9.57. The Bertz CT molecular complexity index is 984. The Hall–Kier alpha value is -1.90. The number of aryl methyl sites for hydroxylation is 2. The van der Waals surface area contributed by atoms with Gasteiger partial charge in [0.1, 0.15) is 0 Å². The SMILES string of the molecule is CCCCNS(=O)(=O)c1cccc(NS(=O)(=O)c2ccc(C)cc2C)c1. The molecule has 0 unspecified atom stereocenters. The largest absolute Gasteiger partial charge is 0.280 e. The van der Waals surface area contributed by atoms with Crippen LogP contribution >= 0.6 is 0 Å². The van der Waals surface area contributed by atoms with Crippen molar-refractivity contribution in [3.05, 3.63) is 53.6 Å². The second kappa shape index (κ2) is 8.20. The lowest BCUT2D eigenvalue weighted by molar-refractivity contribution is 0.578. The van der Waals surface area contributed by atoms with E-state index in [1.807, 2.05) is 13.8 Å². The Morgan fingerprint density at radius 2 is 1.65 bits per heavy atom. The van der Waals surface area contributed by atoms with Crippen molar-refractivity contribution in [3.8, 4) is 0 Å². The second-order valence-electron chi connectivity index (χ2n) is 6.15. The van der Waals surface area contributed by atoms with Crippen LogP contribution in [0.4, 0.5) is 5.69 Å². The van der Waals surface area contributed by atoms with Crippen molar-refractivity contribution in [3.63, 3.8) is 0 Å². The molecule has 0 aliphatic carbocycles. The molecular weight excluding hydrogens is 372 g/mol. The summed E-state index contributed by atoms with van der Waals surface area (Å²) in [4.78, 5) is 0.187. The van der Waals surface area contributed by atoms with E-state index in [-0.39, 0.29) is 15.5 Å². The minimum Gasteiger partial charge on any atom is -0.280 e. The van der Waals surface area contributed by atoms with E-state index >= 15 is 0 Å². The maximum absolute atomic E-state index is 12.6. The molecular formula is C18H24N2O4S2. The molecule has 0 bridgehead atoms. The Morgan fingerprint density at radius 3 is 2.31 bits per heavy atom. The smallest absolute Gasteiger partial charge is 0.262 e. The lowest BCUT2D eigenvalue weighted by Crippen LogP contribution is -2.25. The van der Waals surface area contributed by atoms with E-state index in [4.69, 9.17) is 0 Å². The average molecular weight is 397 g/mol. The van der Waals surface area contributed by atoms with Crippen molar-refractivity contribution in [2.75, 3.05) is 11.3 Å². The fourth-order valence-corrected chi connectivity index (χ4v) is 4.90. The fourth-order valence-electron chi connectivity index (χ4n) is 2.50. The van der Waals surface area contributed by atoms with Gasteiger partial charge in [-0.1, -0.05) is 37.1 Å². The average Bonchev–Trinajstić information content (AvgIpc) is 2.54. The Balaban J connectivity index is 2.28. The minimum atomic E-state index is -3.81. The Labute approximate surface area is 155 Å². The lowest BCUT2D eigenvalue weighted by Gasteiger charge is -2.12. The molecule has 0 saturated heterocycles. The van der Waals surface area contributed by atoms with Crippen molar-refractivity contribution in [1.29, 1.82) is 0 Å². The van der Waals surface area contributed by atoms with Gasteiger partial charge >= 0.3 is 0 Å². The zero-order valence-corrected chi connectivity index (χ0v) is 16.7. The van der Waals surface area contributed by atoms with Crippen LogP contribution in [0.15, 0.2) is 52.3 Å². The van der Waals surface area contributed by atoms with E-state index in [1.165, 1.54) is 24.3 Å². The lowest BCUT2D eigenvalue weighted by atomic mass is 10.2. The van der Waals surface area contributed by atoms with Gasteiger partial charge in [0.25, 0.3) is 10.0 Å². The van der Waals surface area contributed by atoms with Crippen molar-refractivity contribution in [2.24, 2.45) is 0 Å². The van der Waals surface area contributed by atoms with Crippen LogP contribution < -0.4 is 9.44 Å². The van der Waals surface area contributed by atoms with Gasteiger partial charge in [0.15, 0.2) is 0 Å². The van der Waals surface area contributed by atoms with Crippen molar-refractivity contribution < 1.29 is 16.8 Å². The minimum absolute atomic E-state index is 0.0226. The van der Waals surface area contributed by atoms with Gasteiger partial charge in [-0.25, -0.2) is 21.6 Å². The monoisotopic (exact) mass is 396 g/mol. The summed E-state index contributed by atoms with van der Waals surface area (Å²) in [6, 6.07) is 10.8. The molecule has 0 saturated carbocycles. The van der Waals surface area contributed by atoms with Gasteiger partial charge in [-0.3, -0.25) is 4.72 Å². The first-order chi connectivity index (χ1) is 12.2. The standard InChI is InChI=1S/C18H24N2O4S2/c1-4-5-11-19-25(21,22)17-8-6-7-16(13-17)20-26(23,24)18-10-9-14(2)12-15(18)3/h6-10,12-13,19-20H,4-5,11H2,1-3H3. The summed E-state index contributed by atoms with van der Waals surface area (Å²) in [7, 11) is -7.48. The normalized spacial score (nSPS) is 12.1. The van der Waals surface area contributed by atoms with Gasteiger partial charge in [0.2, 0.25) is 10.0 Å². The van der Waals surface area contributed by atoms with Gasteiger partial charge in [-0.2, -0.15) is 0 Å². The number of rotatable bonds is 8. The van der Waals surface area contributed by atoms with Crippen molar-refractivity contribution >= 4 is 25.7 Å². The maximum atomic E-state index is 12.6. The van der Waals surface area contributed by atoms with Crippen molar-refractivity contribution in [2.45, 2.75) is 43.4 Å². The van der Waals surface area contributed by atoms with Gasteiger partial charge < -0.3 is 0 Å². The Morgan fingerprint density at radius 1 is 0.923 bits per heavy atom. The number of hydrogen-bond acceptors (Lipinski definition) is 4. The highest BCUT2D eigenvalue weighted by molar-refractivity contribution is 7.92. The van der Waals surface area contributed by atoms with Crippen LogP contribution in [-0.4, -0.2) is 23.4 Å². The molecule has 2 aromatic rings. The number of anilines is 1. The highest BCUT2D eigenvalue weighted by Gasteiger charge is 2.19. The maximum Gasteiger partial charge on any atom is 0.262 e. The fraction of sp³-hybridized carbons (Fsp3) is 0.333. The van der Waals surface area contributed by atoms with Gasteiger partial charge in [-0.15, -0.1) is 0 Å². The summed E-state index contributed by atoms with van der Waals surface area (Å²) in [6.07, 6.45) is 1.61. The first-order valence-corrected chi connectivity index (χ1v) is 11.3. The van der Waals surface area contributed by atoms with E-state index < -0.39 is 20.0 Å². The number of hydrogen-bond donors (Lipinski definition) is 2. The number of benzene rings is 2. The van der Waals surface area contributed by atoms with E-state index in [0.717, 1.165) is 18.4 Å². The first kappa shape index (κ1) is 20.4. The predicted octanol–water partition coefficient (Wildman–Crippen LogP) is 3.18. The molecule has 0 radical (unpaired) electrons. The molecule has 0 atom stereocenters. The molecule has 26 heavy (non-hydrogen) atoms. The third-order valence-electron chi connectivity index (χ3n) is 3.84. The topological polar surface area (TPSA) is 92.3 Å². The molecule has 142 valence electrons. The van der Waals surface area contributed by atoms with E-state index in [0.29, 0.717) is 12.1 Å². The van der Waals surface area contributed by atoms with Crippen LogP contribution in [0.1, 0.15) is 30.9 Å². The van der Waals surface area contributed by atoms with E-state index in [1.54, 1.807) is 25.1 Å². The number of sulfonamides is 2. The molecule has 0 aliphatic rings. The van der Waals surface area contributed by atoms with Crippen LogP contribution in [0.2, 0.25) is 0 Å². The van der Waals surface area contributed by atoms with Gasteiger partial charge in [0.05, 0.1) is 15.5 Å².